The van der Waals surface area contributed by atoms with Gasteiger partial charge in [-0.25, -0.2) is 0 Å². The van der Waals surface area contributed by atoms with Crippen molar-refractivity contribution in [2.45, 2.75) is 108 Å². The zero-order valence-corrected chi connectivity index (χ0v) is 17.9. The number of aliphatic hydroxyl groups excluding tert-OH is 1. The molecule has 3 N–H and O–H groups in total. The minimum Gasteiger partial charge on any atom is -0.481 e. The molecule has 0 heterocycles. The van der Waals surface area contributed by atoms with Crippen LogP contribution in [0.5, 0.6) is 0 Å². The van der Waals surface area contributed by atoms with Crippen molar-refractivity contribution in [1.82, 2.24) is 0 Å². The fourth-order valence-corrected chi connectivity index (χ4v) is 4.01. The molecule has 28 heavy (non-hydrogen) atoms. The van der Waals surface area contributed by atoms with Crippen molar-refractivity contribution in [2.24, 2.45) is 0 Å². The Kier molecular flexibility index (Phi) is 13.3. The van der Waals surface area contributed by atoms with Crippen LogP contribution in [-0.2, 0) is 24.4 Å². The average molecular weight is 425 g/mol. The standard InChI is InChI=1S/C19H36O8S/c1-3-5-6-7-8-9-10-11-12-13-14-19(15-16(20)21,28(24,25)26)18(23)27-17(22)4-2/h17,22H,3-15H2,1-2H3,(H,20,21)(H,24,25,26). The lowest BCUT2D eigenvalue weighted by Crippen LogP contribution is -2.50. The van der Waals surface area contributed by atoms with E-state index in [1.54, 1.807) is 0 Å². The fourth-order valence-electron chi connectivity index (χ4n) is 3.04. The molecule has 0 bridgehead atoms. The number of unbranched alkanes of at least 4 members (excludes halogenated alkanes) is 9. The predicted octanol–water partition coefficient (Wildman–Crippen LogP) is 3.67. The number of esters is 1. The predicted molar refractivity (Wildman–Crippen MR) is 105 cm³/mol. The zero-order chi connectivity index (χ0) is 21.6. The van der Waals surface area contributed by atoms with Gasteiger partial charge in [0.2, 0.25) is 4.75 Å². The lowest BCUT2D eigenvalue weighted by molar-refractivity contribution is -0.173. The summed E-state index contributed by atoms with van der Waals surface area (Å²) in [4.78, 5) is 23.5. The van der Waals surface area contributed by atoms with E-state index in [1.807, 2.05) is 0 Å². The molecule has 0 spiro atoms. The first-order valence-corrected chi connectivity index (χ1v) is 11.6. The maximum Gasteiger partial charge on any atom is 0.332 e. The number of carboxylic acids is 1. The summed E-state index contributed by atoms with van der Waals surface area (Å²) < 4.78 is 35.5. The Hall–Kier alpha value is -1.19. The highest BCUT2D eigenvalue weighted by Crippen LogP contribution is 2.31. The Labute approximate surface area is 168 Å². The molecule has 2 atom stereocenters. The third-order valence-electron chi connectivity index (χ3n) is 4.83. The molecule has 0 radical (unpaired) electrons. The molecule has 0 aromatic carbocycles. The van der Waals surface area contributed by atoms with Gasteiger partial charge in [-0.05, 0) is 6.42 Å². The molecule has 9 heteroatoms. The number of ether oxygens (including phenoxy) is 1. The Morgan fingerprint density at radius 2 is 1.39 bits per heavy atom. The van der Waals surface area contributed by atoms with Gasteiger partial charge in [0.15, 0.2) is 6.29 Å². The molecule has 0 aromatic rings. The fraction of sp³-hybridized carbons (Fsp3) is 0.895. The first kappa shape index (κ1) is 26.8. The third-order valence-corrected chi connectivity index (χ3v) is 6.33. The van der Waals surface area contributed by atoms with Crippen molar-refractivity contribution in [3.05, 3.63) is 0 Å². The molecule has 0 aliphatic carbocycles. The summed E-state index contributed by atoms with van der Waals surface area (Å²) >= 11 is 0. The largest absolute Gasteiger partial charge is 0.481 e. The van der Waals surface area contributed by atoms with E-state index in [2.05, 4.69) is 11.7 Å². The van der Waals surface area contributed by atoms with Gasteiger partial charge in [-0.1, -0.05) is 78.1 Å². The van der Waals surface area contributed by atoms with Gasteiger partial charge >= 0.3 is 11.9 Å². The first-order chi connectivity index (χ1) is 13.1. The SMILES string of the molecule is CCCCCCCCCCCCC(CC(=O)O)(C(=O)OC(O)CC)S(=O)(=O)O. The van der Waals surface area contributed by atoms with Gasteiger partial charge in [0.05, 0.1) is 6.42 Å². The summed E-state index contributed by atoms with van der Waals surface area (Å²) in [7, 11) is -5.05. The highest BCUT2D eigenvalue weighted by Gasteiger charge is 2.53. The van der Waals surface area contributed by atoms with Gasteiger partial charge in [0.25, 0.3) is 10.1 Å². The number of aliphatic hydroxyl groups is 1. The zero-order valence-electron chi connectivity index (χ0n) is 17.1. The monoisotopic (exact) mass is 424 g/mol. The van der Waals surface area contributed by atoms with E-state index in [4.69, 9.17) is 5.11 Å². The van der Waals surface area contributed by atoms with Crippen LogP contribution < -0.4 is 0 Å². The summed E-state index contributed by atoms with van der Waals surface area (Å²) in [5, 5.41) is 18.5. The molecule has 8 nitrogen and oxygen atoms in total. The summed E-state index contributed by atoms with van der Waals surface area (Å²) in [5.74, 6) is -2.98. The maximum atomic E-state index is 12.3. The quantitative estimate of drug-likeness (QED) is 0.139. The molecule has 0 rings (SSSR count). The van der Waals surface area contributed by atoms with Crippen LogP contribution in [0.3, 0.4) is 0 Å². The van der Waals surface area contributed by atoms with E-state index in [0.29, 0.717) is 6.42 Å². The van der Waals surface area contributed by atoms with Crippen molar-refractivity contribution in [1.29, 1.82) is 0 Å². The second-order valence-corrected chi connectivity index (χ2v) is 8.97. The number of rotatable bonds is 17. The van der Waals surface area contributed by atoms with Crippen molar-refractivity contribution in [3.63, 3.8) is 0 Å². The summed E-state index contributed by atoms with van der Waals surface area (Å²) in [6.45, 7) is 3.67. The van der Waals surface area contributed by atoms with Crippen molar-refractivity contribution < 1.29 is 37.5 Å². The maximum absolute atomic E-state index is 12.3. The van der Waals surface area contributed by atoms with E-state index < -0.39 is 39.5 Å². The molecule has 0 aliphatic heterocycles. The summed E-state index contributed by atoms with van der Waals surface area (Å²) in [6, 6.07) is 0. The van der Waals surface area contributed by atoms with E-state index in [0.717, 1.165) is 25.7 Å². The number of hydrogen-bond donors (Lipinski definition) is 3. The normalized spacial score (nSPS) is 15.0. The number of aliphatic carboxylic acids is 1. The average Bonchev–Trinajstić information content (AvgIpc) is 2.60. The smallest absolute Gasteiger partial charge is 0.332 e. The van der Waals surface area contributed by atoms with E-state index in [9.17, 15) is 27.7 Å². The molecule has 0 saturated heterocycles. The molecule has 166 valence electrons. The second kappa shape index (κ2) is 13.9. The van der Waals surface area contributed by atoms with Crippen LogP contribution in [0.2, 0.25) is 0 Å². The molecule has 0 amide bonds. The van der Waals surface area contributed by atoms with Gasteiger partial charge in [-0.3, -0.25) is 14.1 Å². The second-order valence-electron chi connectivity index (χ2n) is 7.24. The van der Waals surface area contributed by atoms with Crippen LogP contribution in [0.1, 0.15) is 97.3 Å². The van der Waals surface area contributed by atoms with Gasteiger partial charge in [-0.15, -0.1) is 0 Å². The molecular weight excluding hydrogens is 388 g/mol. The van der Waals surface area contributed by atoms with Crippen molar-refractivity contribution in [3.8, 4) is 0 Å². The molecule has 0 aliphatic rings. The van der Waals surface area contributed by atoms with E-state index >= 15 is 0 Å². The van der Waals surface area contributed by atoms with Gasteiger partial charge < -0.3 is 14.9 Å². The first-order valence-electron chi connectivity index (χ1n) is 10.2. The summed E-state index contributed by atoms with van der Waals surface area (Å²) in [6.07, 6.45) is 6.72. The highest BCUT2D eigenvalue weighted by molar-refractivity contribution is 7.88. The Morgan fingerprint density at radius 3 is 1.79 bits per heavy atom. The van der Waals surface area contributed by atoms with Gasteiger partial charge in [-0.2, -0.15) is 8.42 Å². The lowest BCUT2D eigenvalue weighted by Gasteiger charge is -2.28. The Morgan fingerprint density at radius 1 is 0.929 bits per heavy atom. The number of carbonyl (C=O) groups excluding carboxylic acids is 1. The van der Waals surface area contributed by atoms with Crippen LogP contribution in [0.4, 0.5) is 0 Å². The minimum absolute atomic E-state index is 0.0125. The van der Waals surface area contributed by atoms with Crippen LogP contribution in [0.15, 0.2) is 0 Å². The highest BCUT2D eigenvalue weighted by atomic mass is 32.2. The van der Waals surface area contributed by atoms with Gasteiger partial charge in [0, 0.05) is 6.42 Å². The van der Waals surface area contributed by atoms with Crippen LogP contribution in [-0.4, -0.2) is 46.2 Å². The lowest BCUT2D eigenvalue weighted by atomic mass is 9.95. The van der Waals surface area contributed by atoms with E-state index in [-0.39, 0.29) is 19.3 Å². The third kappa shape index (κ3) is 9.84. The molecular formula is C19H36O8S. The van der Waals surface area contributed by atoms with Crippen LogP contribution in [0.25, 0.3) is 0 Å². The number of carbonyl (C=O) groups is 2. The number of hydrogen-bond acceptors (Lipinski definition) is 6. The summed E-state index contributed by atoms with van der Waals surface area (Å²) in [5.41, 5.74) is 0. The van der Waals surface area contributed by atoms with E-state index in [1.165, 1.54) is 32.6 Å². The molecule has 0 saturated carbocycles. The molecule has 2 unspecified atom stereocenters. The number of carboxylic acid groups (broad SMARTS) is 1. The topological polar surface area (TPSA) is 138 Å². The Bertz CT molecular complexity index is 560. The molecule has 0 aromatic heterocycles. The Balaban J connectivity index is 4.74. The van der Waals surface area contributed by atoms with Crippen LogP contribution in [0, 0.1) is 0 Å². The van der Waals surface area contributed by atoms with Gasteiger partial charge in [0.1, 0.15) is 0 Å². The van der Waals surface area contributed by atoms with Crippen molar-refractivity contribution >= 4 is 22.1 Å². The minimum atomic E-state index is -5.05. The van der Waals surface area contributed by atoms with Crippen LogP contribution >= 0.6 is 0 Å². The molecule has 0 fully saturated rings. The van der Waals surface area contributed by atoms with Crippen molar-refractivity contribution in [2.75, 3.05) is 0 Å².